The van der Waals surface area contributed by atoms with E-state index in [0.717, 1.165) is 10.9 Å². The Morgan fingerprint density at radius 1 is 1.57 bits per heavy atom. The molecule has 72 valence electrons. The standard InChI is InChI=1S/C11H10BrNO/c1-2-3-4-5-11(14)9-6-10(12)8-13-7-9/h1,6-8H,3-5H2. The number of aromatic nitrogens is 1. The first-order valence-corrected chi connectivity index (χ1v) is 5.10. The minimum Gasteiger partial charge on any atom is -0.294 e. The zero-order valence-corrected chi connectivity index (χ0v) is 9.25. The Hall–Kier alpha value is -1.14. The molecular weight excluding hydrogens is 242 g/mol. The Bertz CT molecular complexity index is 368. The maximum absolute atomic E-state index is 11.5. The van der Waals surface area contributed by atoms with Gasteiger partial charge < -0.3 is 0 Å². The minimum absolute atomic E-state index is 0.0917. The van der Waals surface area contributed by atoms with Crippen molar-refractivity contribution in [2.45, 2.75) is 19.3 Å². The van der Waals surface area contributed by atoms with Crippen LogP contribution in [0.25, 0.3) is 0 Å². The summed E-state index contributed by atoms with van der Waals surface area (Å²) in [7, 11) is 0. The molecule has 0 fully saturated rings. The van der Waals surface area contributed by atoms with Crippen LogP contribution < -0.4 is 0 Å². The molecule has 0 N–H and O–H groups in total. The fraction of sp³-hybridized carbons (Fsp3) is 0.273. The van der Waals surface area contributed by atoms with Gasteiger partial charge in [-0.05, 0) is 28.4 Å². The topological polar surface area (TPSA) is 30.0 Å². The van der Waals surface area contributed by atoms with Crippen LogP contribution in [-0.2, 0) is 0 Å². The van der Waals surface area contributed by atoms with Gasteiger partial charge in [0.05, 0.1) is 0 Å². The van der Waals surface area contributed by atoms with E-state index in [-0.39, 0.29) is 5.78 Å². The highest BCUT2D eigenvalue weighted by molar-refractivity contribution is 9.10. The van der Waals surface area contributed by atoms with E-state index in [1.165, 1.54) is 0 Å². The zero-order chi connectivity index (χ0) is 10.4. The van der Waals surface area contributed by atoms with Crippen molar-refractivity contribution < 1.29 is 4.79 Å². The van der Waals surface area contributed by atoms with Crippen LogP contribution in [-0.4, -0.2) is 10.8 Å². The van der Waals surface area contributed by atoms with Gasteiger partial charge in [-0.25, -0.2) is 0 Å². The van der Waals surface area contributed by atoms with E-state index in [4.69, 9.17) is 6.42 Å². The van der Waals surface area contributed by atoms with Gasteiger partial charge in [-0.3, -0.25) is 9.78 Å². The van der Waals surface area contributed by atoms with Crippen molar-refractivity contribution in [2.24, 2.45) is 0 Å². The molecule has 0 radical (unpaired) electrons. The number of nitrogens with zero attached hydrogens (tertiary/aromatic N) is 1. The molecule has 0 amide bonds. The average Bonchev–Trinajstić information content (AvgIpc) is 2.18. The number of Topliss-reactive ketones (excluding diaryl/α,β-unsaturated/α-hetero) is 1. The molecule has 0 unspecified atom stereocenters. The third kappa shape index (κ3) is 3.31. The van der Waals surface area contributed by atoms with Gasteiger partial charge in [0, 0.05) is 35.3 Å². The fourth-order valence-electron chi connectivity index (χ4n) is 1.06. The normalized spacial score (nSPS) is 9.43. The molecule has 0 bridgehead atoms. The van der Waals surface area contributed by atoms with E-state index in [2.05, 4.69) is 26.8 Å². The first kappa shape index (κ1) is 10.9. The van der Waals surface area contributed by atoms with Crippen LogP contribution in [0.4, 0.5) is 0 Å². The molecule has 0 aromatic carbocycles. The van der Waals surface area contributed by atoms with Gasteiger partial charge in [-0.1, -0.05) is 0 Å². The highest BCUT2D eigenvalue weighted by atomic mass is 79.9. The van der Waals surface area contributed by atoms with Crippen molar-refractivity contribution in [1.82, 2.24) is 4.98 Å². The summed E-state index contributed by atoms with van der Waals surface area (Å²) in [5.74, 6) is 2.60. The number of rotatable bonds is 4. The Morgan fingerprint density at radius 2 is 2.36 bits per heavy atom. The van der Waals surface area contributed by atoms with E-state index in [9.17, 15) is 4.79 Å². The number of unbranched alkanes of at least 4 members (excludes halogenated alkanes) is 1. The third-order valence-electron chi connectivity index (χ3n) is 1.75. The van der Waals surface area contributed by atoms with Crippen molar-refractivity contribution >= 4 is 21.7 Å². The first-order chi connectivity index (χ1) is 6.74. The molecule has 0 aliphatic carbocycles. The molecule has 0 aliphatic rings. The van der Waals surface area contributed by atoms with Crippen LogP contribution in [0.1, 0.15) is 29.6 Å². The second-order valence-corrected chi connectivity index (χ2v) is 3.79. The van der Waals surface area contributed by atoms with Crippen molar-refractivity contribution in [3.63, 3.8) is 0 Å². The van der Waals surface area contributed by atoms with E-state index >= 15 is 0 Å². The van der Waals surface area contributed by atoms with Gasteiger partial charge in [0.15, 0.2) is 5.78 Å². The monoisotopic (exact) mass is 251 g/mol. The Balaban J connectivity index is 2.57. The molecule has 3 heteroatoms. The van der Waals surface area contributed by atoms with E-state index in [0.29, 0.717) is 18.4 Å². The van der Waals surface area contributed by atoms with Crippen molar-refractivity contribution in [3.05, 3.63) is 28.5 Å². The summed E-state index contributed by atoms with van der Waals surface area (Å²) in [4.78, 5) is 15.5. The van der Waals surface area contributed by atoms with E-state index in [1.54, 1.807) is 18.5 Å². The molecule has 0 spiro atoms. The first-order valence-electron chi connectivity index (χ1n) is 4.31. The van der Waals surface area contributed by atoms with Gasteiger partial charge in [-0.15, -0.1) is 12.3 Å². The van der Waals surface area contributed by atoms with Crippen LogP contribution in [0.5, 0.6) is 0 Å². The highest BCUT2D eigenvalue weighted by Crippen LogP contribution is 2.12. The number of ketones is 1. The van der Waals surface area contributed by atoms with Gasteiger partial charge in [-0.2, -0.15) is 0 Å². The van der Waals surface area contributed by atoms with Crippen molar-refractivity contribution in [2.75, 3.05) is 0 Å². The predicted molar refractivity (Wildman–Crippen MR) is 59.0 cm³/mol. The molecule has 1 rings (SSSR count). The molecule has 0 atom stereocenters. The van der Waals surface area contributed by atoms with Crippen LogP contribution in [0.2, 0.25) is 0 Å². The number of hydrogen-bond acceptors (Lipinski definition) is 2. The van der Waals surface area contributed by atoms with Crippen LogP contribution >= 0.6 is 15.9 Å². The lowest BCUT2D eigenvalue weighted by Gasteiger charge is -1.99. The molecule has 2 nitrogen and oxygen atoms in total. The lowest BCUT2D eigenvalue weighted by Crippen LogP contribution is -1.99. The zero-order valence-electron chi connectivity index (χ0n) is 7.66. The molecular formula is C11H10BrNO. The number of carbonyl (C=O) groups is 1. The third-order valence-corrected chi connectivity index (χ3v) is 2.19. The molecule has 0 saturated heterocycles. The van der Waals surface area contributed by atoms with Gasteiger partial charge in [0.1, 0.15) is 0 Å². The van der Waals surface area contributed by atoms with Crippen molar-refractivity contribution in [3.8, 4) is 12.3 Å². The number of halogens is 1. The summed E-state index contributed by atoms with van der Waals surface area (Å²) in [5.41, 5.74) is 0.636. The smallest absolute Gasteiger partial charge is 0.164 e. The highest BCUT2D eigenvalue weighted by Gasteiger charge is 2.05. The number of pyridine rings is 1. The Morgan fingerprint density at radius 3 is 3.00 bits per heavy atom. The SMILES string of the molecule is C#CCCCC(=O)c1cncc(Br)c1. The van der Waals surface area contributed by atoms with E-state index < -0.39 is 0 Å². The molecule has 0 aliphatic heterocycles. The summed E-state index contributed by atoms with van der Waals surface area (Å²) in [5, 5.41) is 0. The molecule has 14 heavy (non-hydrogen) atoms. The van der Waals surface area contributed by atoms with Gasteiger partial charge in [0.25, 0.3) is 0 Å². The summed E-state index contributed by atoms with van der Waals surface area (Å²) in [6, 6.07) is 1.77. The second-order valence-electron chi connectivity index (χ2n) is 2.87. The van der Waals surface area contributed by atoms with Crippen LogP contribution in [0, 0.1) is 12.3 Å². The average molecular weight is 252 g/mol. The Labute approximate surface area is 91.9 Å². The predicted octanol–water partition coefficient (Wildman–Crippen LogP) is 2.83. The molecule has 0 saturated carbocycles. The molecule has 1 aromatic rings. The quantitative estimate of drug-likeness (QED) is 0.468. The van der Waals surface area contributed by atoms with Crippen LogP contribution in [0.3, 0.4) is 0 Å². The summed E-state index contributed by atoms with van der Waals surface area (Å²) >= 11 is 3.27. The summed E-state index contributed by atoms with van der Waals surface area (Å²) < 4.78 is 0.820. The maximum Gasteiger partial charge on any atom is 0.164 e. The number of terminal acetylenes is 1. The number of hydrogen-bond donors (Lipinski definition) is 0. The number of carbonyl (C=O) groups excluding carboxylic acids is 1. The minimum atomic E-state index is 0.0917. The second kappa shape index (κ2) is 5.56. The van der Waals surface area contributed by atoms with E-state index in [1.807, 2.05) is 0 Å². The van der Waals surface area contributed by atoms with Crippen molar-refractivity contribution in [1.29, 1.82) is 0 Å². The summed E-state index contributed by atoms with van der Waals surface area (Å²) in [6.07, 6.45) is 10.2. The van der Waals surface area contributed by atoms with Gasteiger partial charge in [0.2, 0.25) is 0 Å². The lowest BCUT2D eigenvalue weighted by molar-refractivity contribution is 0.0980. The molecule has 1 aromatic heterocycles. The largest absolute Gasteiger partial charge is 0.294 e. The van der Waals surface area contributed by atoms with Crippen LogP contribution in [0.15, 0.2) is 22.9 Å². The fourth-order valence-corrected chi connectivity index (χ4v) is 1.42. The molecule has 1 heterocycles. The maximum atomic E-state index is 11.5. The lowest BCUT2D eigenvalue weighted by atomic mass is 10.1. The van der Waals surface area contributed by atoms with Gasteiger partial charge >= 0.3 is 0 Å². The Kier molecular flexibility index (Phi) is 4.34. The summed E-state index contributed by atoms with van der Waals surface area (Å²) in [6.45, 7) is 0.